The Hall–Kier alpha value is -0.440. The first-order valence-electron chi connectivity index (χ1n) is 14.4. The maximum absolute atomic E-state index is 3.40. The van der Waals surface area contributed by atoms with Crippen molar-refractivity contribution in [3.05, 3.63) is 0 Å². The molecule has 0 atom stereocenters. The number of rotatable bonds is 24. The van der Waals surface area contributed by atoms with Crippen LogP contribution in [-0.4, -0.2) is 0 Å². The molecule has 0 heterocycles. The molecule has 0 aromatic rings. The van der Waals surface area contributed by atoms with E-state index in [-0.39, 0.29) is 0 Å². The standard InChI is InChI=1S/C30H58/c1-3-5-7-9-11-13-15-17-19-21-23-25-27-29-30-28-26-24-22-20-18-16-14-12-10-8-6-4-2/h3-21,23,25-30H2,1-2H3. The fourth-order valence-electron chi connectivity index (χ4n) is 4.29. The summed E-state index contributed by atoms with van der Waals surface area (Å²) in [6.45, 7) is 4.59. The van der Waals surface area contributed by atoms with Gasteiger partial charge in [0.15, 0.2) is 0 Å². The monoisotopic (exact) mass is 418 g/mol. The molecule has 0 spiro atoms. The van der Waals surface area contributed by atoms with Gasteiger partial charge in [0.1, 0.15) is 0 Å². The summed E-state index contributed by atoms with van der Waals surface area (Å²) in [5.74, 6) is 6.80. The molecule has 0 aliphatic carbocycles. The molecule has 0 aliphatic heterocycles. The predicted octanol–water partition coefficient (Wildman–Crippen LogP) is 11.2. The molecule has 0 amide bonds. The Labute approximate surface area is 192 Å². The van der Waals surface area contributed by atoms with E-state index in [0.717, 1.165) is 12.8 Å². The summed E-state index contributed by atoms with van der Waals surface area (Å²) in [4.78, 5) is 0. The Morgan fingerprint density at radius 3 is 0.700 bits per heavy atom. The van der Waals surface area contributed by atoms with Crippen molar-refractivity contribution in [2.45, 2.75) is 181 Å². The first kappa shape index (κ1) is 29.6. The van der Waals surface area contributed by atoms with Crippen LogP contribution in [0, 0.1) is 11.8 Å². The van der Waals surface area contributed by atoms with Gasteiger partial charge in [-0.2, -0.15) is 0 Å². The van der Waals surface area contributed by atoms with Gasteiger partial charge in [-0.25, -0.2) is 0 Å². The van der Waals surface area contributed by atoms with Crippen LogP contribution >= 0.6 is 0 Å². The van der Waals surface area contributed by atoms with Gasteiger partial charge in [0, 0.05) is 12.8 Å². The van der Waals surface area contributed by atoms with Crippen molar-refractivity contribution in [2.24, 2.45) is 0 Å². The normalized spacial score (nSPS) is 10.9. The summed E-state index contributed by atoms with van der Waals surface area (Å²) in [6, 6.07) is 0. The van der Waals surface area contributed by atoms with Gasteiger partial charge < -0.3 is 0 Å². The maximum atomic E-state index is 3.40. The van der Waals surface area contributed by atoms with Crippen molar-refractivity contribution in [1.29, 1.82) is 0 Å². The largest absolute Gasteiger partial charge is 0.103 e. The van der Waals surface area contributed by atoms with E-state index >= 15 is 0 Å². The molecule has 0 heteroatoms. The van der Waals surface area contributed by atoms with Crippen LogP contribution < -0.4 is 0 Å². The number of hydrogen-bond donors (Lipinski definition) is 0. The third kappa shape index (κ3) is 27.6. The zero-order chi connectivity index (χ0) is 21.8. The summed E-state index contributed by atoms with van der Waals surface area (Å²) < 4.78 is 0. The van der Waals surface area contributed by atoms with Crippen molar-refractivity contribution >= 4 is 0 Å². The van der Waals surface area contributed by atoms with Crippen molar-refractivity contribution in [2.75, 3.05) is 0 Å². The molecular weight excluding hydrogens is 360 g/mol. The highest BCUT2D eigenvalue weighted by molar-refractivity contribution is 4.98. The molecule has 0 aromatic carbocycles. The van der Waals surface area contributed by atoms with Crippen molar-refractivity contribution in [3.8, 4) is 11.8 Å². The van der Waals surface area contributed by atoms with Gasteiger partial charge in [-0.15, -0.1) is 11.8 Å². The Kier molecular flexibility index (Phi) is 28.1. The van der Waals surface area contributed by atoms with Crippen LogP contribution in [0.4, 0.5) is 0 Å². The van der Waals surface area contributed by atoms with Crippen LogP contribution in [0.15, 0.2) is 0 Å². The van der Waals surface area contributed by atoms with E-state index in [1.807, 2.05) is 0 Å². The summed E-state index contributed by atoms with van der Waals surface area (Å²) >= 11 is 0. The van der Waals surface area contributed by atoms with Gasteiger partial charge >= 0.3 is 0 Å². The molecule has 0 N–H and O–H groups in total. The quantitative estimate of drug-likeness (QED) is 0.108. The highest BCUT2D eigenvalue weighted by atomic mass is 14.0. The SMILES string of the molecule is CCCCCCCCCCC#CCCCCCCCCCCCCCCCCCC. The molecule has 178 valence electrons. The summed E-state index contributed by atoms with van der Waals surface area (Å²) in [5.41, 5.74) is 0. The molecule has 0 aliphatic rings. The van der Waals surface area contributed by atoms with Gasteiger partial charge in [0.05, 0.1) is 0 Å². The van der Waals surface area contributed by atoms with Crippen LogP contribution in [0.1, 0.15) is 181 Å². The van der Waals surface area contributed by atoms with E-state index in [1.54, 1.807) is 0 Å². The van der Waals surface area contributed by atoms with Crippen LogP contribution in [0.25, 0.3) is 0 Å². The van der Waals surface area contributed by atoms with Crippen molar-refractivity contribution < 1.29 is 0 Å². The minimum absolute atomic E-state index is 1.13. The lowest BCUT2D eigenvalue weighted by Crippen LogP contribution is -1.83. The topological polar surface area (TPSA) is 0 Å². The molecule has 0 rings (SSSR count). The minimum atomic E-state index is 1.13. The second-order valence-corrected chi connectivity index (χ2v) is 9.63. The lowest BCUT2D eigenvalue weighted by molar-refractivity contribution is 0.530. The lowest BCUT2D eigenvalue weighted by Gasteiger charge is -2.03. The van der Waals surface area contributed by atoms with Gasteiger partial charge in [-0.05, 0) is 12.8 Å². The zero-order valence-corrected chi connectivity index (χ0v) is 21.4. The fraction of sp³-hybridized carbons (Fsp3) is 0.933. The van der Waals surface area contributed by atoms with Gasteiger partial charge in [0.2, 0.25) is 0 Å². The van der Waals surface area contributed by atoms with E-state index in [0.29, 0.717) is 0 Å². The second-order valence-electron chi connectivity index (χ2n) is 9.63. The molecule has 0 unspecified atom stereocenters. The third-order valence-electron chi connectivity index (χ3n) is 6.44. The fourth-order valence-corrected chi connectivity index (χ4v) is 4.29. The Morgan fingerprint density at radius 2 is 0.467 bits per heavy atom. The molecule has 0 fully saturated rings. The van der Waals surface area contributed by atoms with Gasteiger partial charge in [-0.1, -0.05) is 155 Å². The second kappa shape index (κ2) is 28.6. The Balaban J connectivity index is 3.07. The molecule has 0 bridgehead atoms. The van der Waals surface area contributed by atoms with E-state index in [9.17, 15) is 0 Å². The van der Waals surface area contributed by atoms with Gasteiger partial charge in [-0.3, -0.25) is 0 Å². The first-order chi connectivity index (χ1) is 14.9. The maximum Gasteiger partial charge on any atom is 0.00886 e. The molecule has 0 aromatic heterocycles. The molecule has 0 nitrogen and oxygen atoms in total. The third-order valence-corrected chi connectivity index (χ3v) is 6.44. The summed E-state index contributed by atoms with van der Waals surface area (Å²) in [5, 5.41) is 0. The molecule has 0 radical (unpaired) electrons. The van der Waals surface area contributed by atoms with E-state index < -0.39 is 0 Å². The predicted molar refractivity (Wildman–Crippen MR) is 139 cm³/mol. The highest BCUT2D eigenvalue weighted by Crippen LogP contribution is 2.14. The van der Waals surface area contributed by atoms with Crippen LogP contribution in [0.2, 0.25) is 0 Å². The Morgan fingerprint density at radius 1 is 0.267 bits per heavy atom. The van der Waals surface area contributed by atoms with Crippen LogP contribution in [-0.2, 0) is 0 Å². The van der Waals surface area contributed by atoms with Gasteiger partial charge in [0.25, 0.3) is 0 Å². The van der Waals surface area contributed by atoms with E-state index in [1.165, 1.54) is 154 Å². The molecule has 0 saturated heterocycles. The number of hydrogen-bond acceptors (Lipinski definition) is 0. The first-order valence-corrected chi connectivity index (χ1v) is 14.4. The van der Waals surface area contributed by atoms with Crippen molar-refractivity contribution in [3.63, 3.8) is 0 Å². The van der Waals surface area contributed by atoms with E-state index in [2.05, 4.69) is 25.7 Å². The number of unbranched alkanes of at least 4 members (excludes halogenated alkanes) is 24. The highest BCUT2D eigenvalue weighted by Gasteiger charge is 1.94. The average molecular weight is 419 g/mol. The van der Waals surface area contributed by atoms with Crippen LogP contribution in [0.3, 0.4) is 0 Å². The molecular formula is C30H58. The molecule has 0 saturated carbocycles. The summed E-state index contributed by atoms with van der Waals surface area (Å²) in [7, 11) is 0. The smallest absolute Gasteiger partial charge is 0.00886 e. The zero-order valence-electron chi connectivity index (χ0n) is 21.4. The van der Waals surface area contributed by atoms with E-state index in [4.69, 9.17) is 0 Å². The van der Waals surface area contributed by atoms with Crippen molar-refractivity contribution in [1.82, 2.24) is 0 Å². The average Bonchev–Trinajstić information content (AvgIpc) is 2.76. The molecule has 30 heavy (non-hydrogen) atoms. The Bertz CT molecular complexity index is 345. The minimum Gasteiger partial charge on any atom is -0.103 e. The van der Waals surface area contributed by atoms with Crippen LogP contribution in [0.5, 0.6) is 0 Å². The summed E-state index contributed by atoms with van der Waals surface area (Å²) in [6.07, 6.45) is 36.6. The lowest BCUT2D eigenvalue weighted by atomic mass is 10.0.